The van der Waals surface area contributed by atoms with Crippen LogP contribution in [-0.4, -0.2) is 48.4 Å². The summed E-state index contributed by atoms with van der Waals surface area (Å²) in [6, 6.07) is 17.0. The van der Waals surface area contributed by atoms with Crippen molar-refractivity contribution in [1.29, 1.82) is 0 Å². The lowest BCUT2D eigenvalue weighted by Gasteiger charge is -2.37. The van der Waals surface area contributed by atoms with Crippen molar-refractivity contribution in [2.24, 2.45) is 0 Å². The highest BCUT2D eigenvalue weighted by Gasteiger charge is 2.26. The Hall–Kier alpha value is -2.33. The third-order valence-corrected chi connectivity index (χ3v) is 5.74. The van der Waals surface area contributed by atoms with E-state index in [4.69, 9.17) is 0 Å². The molecule has 2 aliphatic rings. The lowest BCUT2D eigenvalue weighted by atomic mass is 10.0. The molecule has 1 N–H and O–H groups in total. The number of nitrogens with one attached hydrogen (secondary N) is 1. The van der Waals surface area contributed by atoms with Crippen molar-refractivity contribution in [1.82, 2.24) is 9.80 Å². The van der Waals surface area contributed by atoms with Gasteiger partial charge in [0.1, 0.15) is 0 Å². The average molecular weight is 349 g/mol. The lowest BCUT2D eigenvalue weighted by Crippen LogP contribution is -2.45. The predicted octanol–water partition coefficient (Wildman–Crippen LogP) is 3.39. The van der Waals surface area contributed by atoms with Crippen LogP contribution in [0.5, 0.6) is 0 Å². The Bertz CT molecular complexity index is 766. The molecule has 4 nitrogen and oxygen atoms in total. The Balaban J connectivity index is 1.34. The lowest BCUT2D eigenvalue weighted by molar-refractivity contribution is 0.0636. The summed E-state index contributed by atoms with van der Waals surface area (Å²) >= 11 is 0. The van der Waals surface area contributed by atoms with Crippen LogP contribution in [-0.2, 0) is 13.0 Å². The number of piperidine rings is 1. The molecule has 4 rings (SSSR count). The van der Waals surface area contributed by atoms with Crippen LogP contribution in [0.2, 0.25) is 0 Å². The molecule has 0 spiro atoms. The van der Waals surface area contributed by atoms with Crippen molar-refractivity contribution in [2.75, 3.05) is 32.0 Å². The second kappa shape index (κ2) is 7.50. The Kier molecular flexibility index (Phi) is 4.93. The molecule has 4 heteroatoms. The van der Waals surface area contributed by atoms with Gasteiger partial charge in [0.05, 0.1) is 0 Å². The van der Waals surface area contributed by atoms with E-state index in [1.54, 1.807) is 0 Å². The van der Waals surface area contributed by atoms with E-state index in [-0.39, 0.29) is 5.91 Å². The molecular formula is C22H27N3O. The molecule has 2 heterocycles. The first kappa shape index (κ1) is 17.1. The highest BCUT2D eigenvalue weighted by molar-refractivity contribution is 5.95. The van der Waals surface area contributed by atoms with Crippen LogP contribution in [0.1, 0.15) is 34.3 Å². The Labute approximate surface area is 155 Å². The van der Waals surface area contributed by atoms with Crippen molar-refractivity contribution in [3.8, 4) is 0 Å². The molecule has 0 radical (unpaired) electrons. The van der Waals surface area contributed by atoms with E-state index >= 15 is 0 Å². The number of fused-ring (bicyclic) bond motifs is 1. The maximum atomic E-state index is 12.9. The Morgan fingerprint density at radius 2 is 1.92 bits per heavy atom. The van der Waals surface area contributed by atoms with E-state index in [9.17, 15) is 4.79 Å². The van der Waals surface area contributed by atoms with E-state index in [1.165, 1.54) is 16.8 Å². The molecule has 0 aromatic heterocycles. The number of nitrogens with zero attached hydrogens (tertiary/aromatic N) is 2. The van der Waals surface area contributed by atoms with Crippen molar-refractivity contribution >= 4 is 11.6 Å². The predicted molar refractivity (Wildman–Crippen MR) is 105 cm³/mol. The summed E-state index contributed by atoms with van der Waals surface area (Å²) in [5.74, 6) is 0.154. The van der Waals surface area contributed by atoms with E-state index < -0.39 is 0 Å². The zero-order valence-electron chi connectivity index (χ0n) is 15.4. The maximum absolute atomic E-state index is 12.9. The highest BCUT2D eigenvalue weighted by Crippen LogP contribution is 2.25. The third kappa shape index (κ3) is 3.61. The van der Waals surface area contributed by atoms with Crippen LogP contribution in [0.3, 0.4) is 0 Å². The summed E-state index contributed by atoms with van der Waals surface area (Å²) in [5, 5.41) is 3.35. The number of amides is 1. The van der Waals surface area contributed by atoms with Crippen LogP contribution in [0.15, 0.2) is 48.5 Å². The van der Waals surface area contributed by atoms with Crippen molar-refractivity contribution in [3.63, 3.8) is 0 Å². The molecule has 26 heavy (non-hydrogen) atoms. The van der Waals surface area contributed by atoms with Crippen LogP contribution in [0, 0.1) is 0 Å². The molecular weight excluding hydrogens is 322 g/mol. The molecule has 0 bridgehead atoms. The smallest absolute Gasteiger partial charge is 0.253 e. The number of hydrogen-bond acceptors (Lipinski definition) is 3. The summed E-state index contributed by atoms with van der Waals surface area (Å²) < 4.78 is 0. The van der Waals surface area contributed by atoms with Crippen molar-refractivity contribution in [2.45, 2.75) is 31.8 Å². The van der Waals surface area contributed by atoms with Gasteiger partial charge in [-0.25, -0.2) is 0 Å². The van der Waals surface area contributed by atoms with Gasteiger partial charge in [-0.05, 0) is 48.6 Å². The van der Waals surface area contributed by atoms with Gasteiger partial charge in [0.15, 0.2) is 0 Å². The quantitative estimate of drug-likeness (QED) is 0.919. The van der Waals surface area contributed by atoms with Gasteiger partial charge in [0.25, 0.3) is 5.91 Å². The van der Waals surface area contributed by atoms with E-state index in [1.807, 2.05) is 24.1 Å². The summed E-state index contributed by atoms with van der Waals surface area (Å²) in [5.41, 5.74) is 4.63. The van der Waals surface area contributed by atoms with Crippen LogP contribution in [0.4, 0.5) is 5.69 Å². The number of hydrogen-bond donors (Lipinski definition) is 1. The molecule has 2 aromatic carbocycles. The van der Waals surface area contributed by atoms with Gasteiger partial charge in [-0.15, -0.1) is 0 Å². The fourth-order valence-corrected chi connectivity index (χ4v) is 4.11. The number of carbonyl (C=O) groups is 1. The molecule has 2 aliphatic heterocycles. The minimum atomic E-state index is 0.154. The fraction of sp³-hybridized carbons (Fsp3) is 0.409. The van der Waals surface area contributed by atoms with Crippen molar-refractivity contribution in [3.05, 3.63) is 65.2 Å². The zero-order chi connectivity index (χ0) is 17.9. The van der Waals surface area contributed by atoms with Gasteiger partial charge in [-0.3, -0.25) is 9.69 Å². The monoisotopic (exact) mass is 349 g/mol. The summed E-state index contributed by atoms with van der Waals surface area (Å²) in [4.78, 5) is 17.4. The van der Waals surface area contributed by atoms with E-state index in [2.05, 4.69) is 46.6 Å². The van der Waals surface area contributed by atoms with Gasteiger partial charge in [-0.1, -0.05) is 30.3 Å². The summed E-state index contributed by atoms with van der Waals surface area (Å²) in [7, 11) is 1.96. The molecule has 0 atom stereocenters. The Morgan fingerprint density at radius 3 is 2.69 bits per heavy atom. The SMILES string of the molecule is CN(C(=O)c1ccc2c(c1)CCN2)C1CCN(Cc2ccccc2)CC1. The van der Waals surface area contributed by atoms with Gasteiger partial charge < -0.3 is 10.2 Å². The highest BCUT2D eigenvalue weighted by atomic mass is 16.2. The zero-order valence-corrected chi connectivity index (χ0v) is 15.4. The second-order valence-electron chi connectivity index (χ2n) is 7.46. The normalized spacial score (nSPS) is 17.6. The molecule has 1 saturated heterocycles. The standard InChI is InChI=1S/C22H27N3O/c1-24(22(26)19-7-8-21-18(15-19)9-12-23-21)20-10-13-25(14-11-20)16-17-5-3-2-4-6-17/h2-8,15,20,23H,9-14,16H2,1H3. The average Bonchev–Trinajstić information content (AvgIpc) is 3.16. The van der Waals surface area contributed by atoms with Gasteiger partial charge in [-0.2, -0.15) is 0 Å². The minimum Gasteiger partial charge on any atom is -0.384 e. The number of rotatable bonds is 4. The van der Waals surface area contributed by atoms with E-state index in [0.29, 0.717) is 6.04 Å². The van der Waals surface area contributed by atoms with Crippen LogP contribution >= 0.6 is 0 Å². The summed E-state index contributed by atoms with van der Waals surface area (Å²) in [6.07, 6.45) is 3.10. The molecule has 136 valence electrons. The molecule has 0 saturated carbocycles. The van der Waals surface area contributed by atoms with E-state index in [0.717, 1.165) is 51.0 Å². The number of benzene rings is 2. The van der Waals surface area contributed by atoms with Gasteiger partial charge in [0.2, 0.25) is 0 Å². The first-order chi connectivity index (χ1) is 12.7. The maximum Gasteiger partial charge on any atom is 0.253 e. The second-order valence-corrected chi connectivity index (χ2v) is 7.46. The van der Waals surface area contributed by atoms with Crippen LogP contribution < -0.4 is 5.32 Å². The molecule has 0 aliphatic carbocycles. The molecule has 2 aromatic rings. The Morgan fingerprint density at radius 1 is 1.15 bits per heavy atom. The largest absolute Gasteiger partial charge is 0.384 e. The fourth-order valence-electron chi connectivity index (χ4n) is 4.11. The topological polar surface area (TPSA) is 35.6 Å². The molecule has 0 unspecified atom stereocenters. The number of carbonyl (C=O) groups excluding carboxylic acids is 1. The molecule has 1 fully saturated rings. The van der Waals surface area contributed by atoms with Crippen molar-refractivity contribution < 1.29 is 4.79 Å². The first-order valence-corrected chi connectivity index (χ1v) is 9.61. The summed E-state index contributed by atoms with van der Waals surface area (Å²) in [6.45, 7) is 4.07. The molecule has 1 amide bonds. The number of likely N-dealkylation sites (tertiary alicyclic amines) is 1. The third-order valence-electron chi connectivity index (χ3n) is 5.74. The first-order valence-electron chi connectivity index (χ1n) is 9.61. The van der Waals surface area contributed by atoms with Gasteiger partial charge >= 0.3 is 0 Å². The minimum absolute atomic E-state index is 0.154. The number of anilines is 1. The van der Waals surface area contributed by atoms with Crippen LogP contribution in [0.25, 0.3) is 0 Å². The van der Waals surface area contributed by atoms with Gasteiger partial charge in [0, 0.05) is 50.5 Å².